The van der Waals surface area contributed by atoms with Crippen LogP contribution in [-0.2, 0) is 11.2 Å². The van der Waals surface area contributed by atoms with Crippen LogP contribution in [0.25, 0.3) is 10.2 Å². The van der Waals surface area contributed by atoms with Crippen LogP contribution in [0.2, 0.25) is 0 Å². The van der Waals surface area contributed by atoms with E-state index in [4.69, 9.17) is 0 Å². The third kappa shape index (κ3) is 5.12. The summed E-state index contributed by atoms with van der Waals surface area (Å²) in [5.41, 5.74) is 3.46. The van der Waals surface area contributed by atoms with Crippen molar-refractivity contribution in [2.75, 3.05) is 24.2 Å². The van der Waals surface area contributed by atoms with E-state index in [-0.39, 0.29) is 18.5 Å². The van der Waals surface area contributed by atoms with Crippen LogP contribution in [0.15, 0.2) is 42.5 Å². The van der Waals surface area contributed by atoms with Gasteiger partial charge >= 0.3 is 6.03 Å². The van der Waals surface area contributed by atoms with Crippen LogP contribution >= 0.6 is 11.3 Å². The van der Waals surface area contributed by atoms with E-state index >= 15 is 0 Å². The van der Waals surface area contributed by atoms with Gasteiger partial charge in [-0.3, -0.25) is 4.79 Å². The van der Waals surface area contributed by atoms with Crippen molar-refractivity contribution in [3.05, 3.63) is 53.0 Å². The summed E-state index contributed by atoms with van der Waals surface area (Å²) in [4.78, 5) is 30.8. The lowest BCUT2D eigenvalue weighted by Gasteiger charge is -2.18. The van der Waals surface area contributed by atoms with Crippen LogP contribution in [0.5, 0.6) is 0 Å². The Hall–Kier alpha value is -2.93. The molecule has 3 aromatic rings. The molecule has 2 aromatic carbocycles. The molecule has 0 unspecified atom stereocenters. The summed E-state index contributed by atoms with van der Waals surface area (Å²) in [6, 6.07) is 13.0. The number of thiazole rings is 1. The molecular weight excluding hydrogens is 384 g/mol. The van der Waals surface area contributed by atoms with Gasteiger partial charge in [-0.25, -0.2) is 9.78 Å². The fourth-order valence-corrected chi connectivity index (χ4v) is 3.92. The molecule has 3 amide bonds. The Morgan fingerprint density at radius 2 is 1.90 bits per heavy atom. The molecule has 1 heterocycles. The first-order valence-electron chi connectivity index (χ1n) is 9.67. The Labute approximate surface area is 174 Å². The number of carbonyl (C=O) groups is 2. The Kier molecular flexibility index (Phi) is 6.49. The molecule has 0 fully saturated rings. The van der Waals surface area contributed by atoms with Crippen molar-refractivity contribution >= 4 is 44.9 Å². The zero-order valence-electron chi connectivity index (χ0n) is 17.2. The molecule has 0 aliphatic carbocycles. The van der Waals surface area contributed by atoms with E-state index < -0.39 is 0 Å². The third-order valence-electron chi connectivity index (χ3n) is 4.55. The van der Waals surface area contributed by atoms with Gasteiger partial charge in [0.1, 0.15) is 6.54 Å². The monoisotopic (exact) mass is 410 g/mol. The molecule has 0 bridgehead atoms. The molecule has 6 nitrogen and oxygen atoms in total. The number of carbonyl (C=O) groups excluding carboxylic acids is 2. The van der Waals surface area contributed by atoms with Gasteiger partial charge < -0.3 is 15.5 Å². The number of urea groups is 1. The summed E-state index contributed by atoms with van der Waals surface area (Å²) in [7, 11) is 1.60. The standard InChI is InChI=1S/C22H26N4O2S/c1-5-15-8-6-7-9-17(15)24-20(27)13-26(4)22(28)23-16-10-11-18-19(12-16)29-21(25-18)14(2)3/h6-12,14H,5,13H2,1-4H3,(H,23,28)(H,24,27). The lowest BCUT2D eigenvalue weighted by atomic mass is 10.1. The molecule has 1 aromatic heterocycles. The zero-order chi connectivity index (χ0) is 21.0. The van der Waals surface area contributed by atoms with Crippen LogP contribution in [0.3, 0.4) is 0 Å². The Balaban J connectivity index is 1.61. The first-order chi connectivity index (χ1) is 13.9. The van der Waals surface area contributed by atoms with Crippen LogP contribution in [0, 0.1) is 0 Å². The predicted octanol–water partition coefficient (Wildman–Crippen LogP) is 5.08. The van der Waals surface area contributed by atoms with E-state index in [0.29, 0.717) is 11.6 Å². The number of aromatic nitrogens is 1. The fourth-order valence-electron chi connectivity index (χ4n) is 2.91. The number of fused-ring (bicyclic) bond motifs is 1. The van der Waals surface area contributed by atoms with Gasteiger partial charge in [0.15, 0.2) is 0 Å². The second kappa shape index (κ2) is 9.05. The van der Waals surface area contributed by atoms with Crippen molar-refractivity contribution in [2.45, 2.75) is 33.1 Å². The molecular formula is C22H26N4O2S. The average molecular weight is 411 g/mol. The Morgan fingerprint density at radius 1 is 1.14 bits per heavy atom. The van der Waals surface area contributed by atoms with E-state index in [1.165, 1.54) is 4.90 Å². The molecule has 7 heteroatoms. The third-order valence-corrected chi connectivity index (χ3v) is 5.87. The molecule has 2 N–H and O–H groups in total. The van der Waals surface area contributed by atoms with Gasteiger partial charge in [-0.05, 0) is 36.2 Å². The minimum atomic E-state index is -0.336. The molecule has 152 valence electrons. The first-order valence-corrected chi connectivity index (χ1v) is 10.5. The van der Waals surface area contributed by atoms with Gasteiger partial charge in [0, 0.05) is 24.3 Å². The summed E-state index contributed by atoms with van der Waals surface area (Å²) in [5.74, 6) is 0.135. The van der Waals surface area contributed by atoms with Crippen LogP contribution < -0.4 is 10.6 Å². The number of aryl methyl sites for hydroxylation is 1. The molecule has 0 aliphatic heterocycles. The van der Waals surface area contributed by atoms with Crippen molar-refractivity contribution in [3.63, 3.8) is 0 Å². The highest BCUT2D eigenvalue weighted by molar-refractivity contribution is 7.18. The highest BCUT2D eigenvalue weighted by Gasteiger charge is 2.15. The molecule has 0 radical (unpaired) electrons. The molecule has 29 heavy (non-hydrogen) atoms. The molecule has 0 saturated carbocycles. The minimum Gasteiger partial charge on any atom is -0.324 e. The van der Waals surface area contributed by atoms with Crippen molar-refractivity contribution < 1.29 is 9.59 Å². The number of benzene rings is 2. The van der Waals surface area contributed by atoms with Gasteiger partial charge in [-0.1, -0.05) is 39.0 Å². The smallest absolute Gasteiger partial charge is 0.322 e. The number of rotatable bonds is 6. The van der Waals surface area contributed by atoms with Gasteiger partial charge in [0.05, 0.1) is 15.2 Å². The Morgan fingerprint density at radius 3 is 2.62 bits per heavy atom. The van der Waals surface area contributed by atoms with Crippen molar-refractivity contribution in [3.8, 4) is 0 Å². The summed E-state index contributed by atoms with van der Waals surface area (Å²) >= 11 is 1.63. The molecule has 0 aliphatic rings. The molecule has 0 atom stereocenters. The van der Waals surface area contributed by atoms with Gasteiger partial charge in [-0.2, -0.15) is 0 Å². The van der Waals surface area contributed by atoms with Crippen LogP contribution in [-0.4, -0.2) is 35.4 Å². The SMILES string of the molecule is CCc1ccccc1NC(=O)CN(C)C(=O)Nc1ccc2nc(C(C)C)sc2c1. The van der Waals surface area contributed by atoms with E-state index in [9.17, 15) is 9.59 Å². The van der Waals surface area contributed by atoms with E-state index in [1.54, 1.807) is 18.4 Å². The fraction of sp³-hybridized carbons (Fsp3) is 0.318. The zero-order valence-corrected chi connectivity index (χ0v) is 18.0. The van der Waals surface area contributed by atoms with Crippen molar-refractivity contribution in [1.82, 2.24) is 9.88 Å². The second-order valence-electron chi connectivity index (χ2n) is 7.23. The summed E-state index contributed by atoms with van der Waals surface area (Å²) in [5, 5.41) is 6.81. The highest BCUT2D eigenvalue weighted by atomic mass is 32.1. The van der Waals surface area contributed by atoms with Gasteiger partial charge in [0.2, 0.25) is 5.91 Å². The Bertz CT molecular complexity index is 1030. The second-order valence-corrected chi connectivity index (χ2v) is 8.30. The van der Waals surface area contributed by atoms with E-state index in [0.717, 1.165) is 32.9 Å². The number of nitrogens with one attached hydrogen (secondary N) is 2. The maximum Gasteiger partial charge on any atom is 0.322 e. The molecule has 3 rings (SSSR count). The maximum absolute atomic E-state index is 12.5. The predicted molar refractivity (Wildman–Crippen MR) is 120 cm³/mol. The molecule has 0 spiro atoms. The average Bonchev–Trinajstić information content (AvgIpc) is 3.12. The summed E-state index contributed by atoms with van der Waals surface area (Å²) in [6.45, 7) is 6.22. The van der Waals surface area contributed by atoms with Crippen molar-refractivity contribution in [2.24, 2.45) is 0 Å². The number of hydrogen-bond acceptors (Lipinski definition) is 4. The quantitative estimate of drug-likeness (QED) is 0.595. The van der Waals surface area contributed by atoms with Crippen LogP contribution in [0.1, 0.15) is 37.3 Å². The minimum absolute atomic E-state index is 0.0375. The number of hydrogen-bond donors (Lipinski definition) is 2. The number of anilines is 2. The van der Waals surface area contributed by atoms with Gasteiger partial charge in [-0.15, -0.1) is 11.3 Å². The largest absolute Gasteiger partial charge is 0.324 e. The number of amides is 3. The normalized spacial score (nSPS) is 10.9. The summed E-state index contributed by atoms with van der Waals surface area (Å²) in [6.07, 6.45) is 0.825. The maximum atomic E-state index is 12.5. The highest BCUT2D eigenvalue weighted by Crippen LogP contribution is 2.29. The topological polar surface area (TPSA) is 74.3 Å². The number of likely N-dealkylation sites (N-methyl/N-ethyl adjacent to an activating group) is 1. The van der Waals surface area contributed by atoms with Crippen LogP contribution in [0.4, 0.5) is 16.2 Å². The summed E-state index contributed by atoms with van der Waals surface area (Å²) < 4.78 is 1.03. The van der Waals surface area contributed by atoms with E-state index in [2.05, 4.69) is 29.5 Å². The first kappa shape index (κ1) is 20.8. The lowest BCUT2D eigenvalue weighted by Crippen LogP contribution is -2.37. The van der Waals surface area contributed by atoms with Crippen molar-refractivity contribution in [1.29, 1.82) is 0 Å². The number of nitrogens with zero attached hydrogens (tertiary/aromatic N) is 2. The van der Waals surface area contributed by atoms with Gasteiger partial charge in [0.25, 0.3) is 0 Å². The lowest BCUT2D eigenvalue weighted by molar-refractivity contribution is -0.116. The van der Waals surface area contributed by atoms with E-state index in [1.807, 2.05) is 49.4 Å². The molecule has 0 saturated heterocycles. The number of para-hydroxylation sites is 1.